The molecule has 0 bridgehead atoms. The van der Waals surface area contributed by atoms with E-state index in [9.17, 15) is 4.79 Å². The van der Waals surface area contributed by atoms with Crippen LogP contribution in [-0.4, -0.2) is 6.03 Å². The fourth-order valence-corrected chi connectivity index (χ4v) is 2.35. The van der Waals surface area contributed by atoms with Gasteiger partial charge >= 0.3 is 6.03 Å². The van der Waals surface area contributed by atoms with Crippen LogP contribution in [0.4, 0.5) is 16.2 Å². The highest BCUT2D eigenvalue weighted by Crippen LogP contribution is 2.28. The largest absolute Gasteiger partial charge is 0.323 e. The topological polar surface area (TPSA) is 41.1 Å². The average Bonchev–Trinajstić information content (AvgIpc) is 2.48. The van der Waals surface area contributed by atoms with Gasteiger partial charge in [-0.1, -0.05) is 57.2 Å². The zero-order chi connectivity index (χ0) is 15.2. The molecule has 0 aliphatic rings. The minimum Gasteiger partial charge on any atom is -0.308 e. The van der Waals surface area contributed by atoms with Crippen LogP contribution < -0.4 is 10.6 Å². The first kappa shape index (κ1) is 15.1. The Morgan fingerprint density at radius 2 is 1.71 bits per heavy atom. The minimum atomic E-state index is -0.205. The molecule has 0 aliphatic heterocycles. The van der Waals surface area contributed by atoms with Crippen molar-refractivity contribution < 1.29 is 4.79 Å². The van der Waals surface area contributed by atoms with E-state index in [-0.39, 0.29) is 6.03 Å². The summed E-state index contributed by atoms with van der Waals surface area (Å²) in [6.07, 6.45) is 0.890. The quantitative estimate of drug-likeness (QED) is 0.812. The van der Waals surface area contributed by atoms with Gasteiger partial charge in [0.15, 0.2) is 0 Å². The van der Waals surface area contributed by atoms with Gasteiger partial charge in [-0.25, -0.2) is 4.79 Å². The zero-order valence-corrected chi connectivity index (χ0v) is 12.8. The van der Waals surface area contributed by atoms with Crippen LogP contribution in [0.15, 0.2) is 48.5 Å². The third-order valence-electron chi connectivity index (χ3n) is 3.46. The molecular formula is C18H22N2O. The van der Waals surface area contributed by atoms with Crippen LogP contribution in [0, 0.1) is 0 Å². The SMILES string of the molecule is CCc1cccc(C(C)C)c1NC(=O)Nc1ccccc1. The Kier molecular flexibility index (Phi) is 4.99. The summed E-state index contributed by atoms with van der Waals surface area (Å²) in [6.45, 7) is 6.36. The first-order chi connectivity index (χ1) is 10.1. The maximum atomic E-state index is 12.2. The van der Waals surface area contributed by atoms with E-state index in [0.29, 0.717) is 5.92 Å². The summed E-state index contributed by atoms with van der Waals surface area (Å²) in [6, 6.07) is 15.4. The standard InChI is InChI=1S/C18H22N2O/c1-4-14-9-8-12-16(13(2)3)17(14)20-18(21)19-15-10-6-5-7-11-15/h5-13H,4H2,1-3H3,(H2,19,20,21). The van der Waals surface area contributed by atoms with Gasteiger partial charge in [0.1, 0.15) is 0 Å². The van der Waals surface area contributed by atoms with Crippen molar-refractivity contribution in [3.05, 3.63) is 59.7 Å². The van der Waals surface area contributed by atoms with Crippen LogP contribution in [0.25, 0.3) is 0 Å². The number of anilines is 2. The predicted octanol–water partition coefficient (Wildman–Crippen LogP) is 5.02. The summed E-state index contributed by atoms with van der Waals surface area (Å²) < 4.78 is 0. The maximum Gasteiger partial charge on any atom is 0.323 e. The number of para-hydroxylation sites is 2. The Balaban J connectivity index is 2.20. The van der Waals surface area contributed by atoms with Crippen LogP contribution in [0.1, 0.15) is 37.8 Å². The van der Waals surface area contributed by atoms with Gasteiger partial charge in [-0.3, -0.25) is 0 Å². The molecule has 3 nitrogen and oxygen atoms in total. The predicted molar refractivity (Wildman–Crippen MR) is 89.0 cm³/mol. The van der Waals surface area contributed by atoms with Crippen molar-refractivity contribution >= 4 is 17.4 Å². The number of hydrogen-bond acceptors (Lipinski definition) is 1. The van der Waals surface area contributed by atoms with Gasteiger partial charge in [-0.2, -0.15) is 0 Å². The Labute approximate surface area is 126 Å². The second-order valence-electron chi connectivity index (χ2n) is 5.33. The second kappa shape index (κ2) is 6.93. The number of urea groups is 1. The molecule has 0 saturated heterocycles. The highest BCUT2D eigenvalue weighted by atomic mass is 16.2. The molecule has 2 rings (SSSR count). The Morgan fingerprint density at radius 1 is 1.00 bits per heavy atom. The molecule has 0 aromatic heterocycles. The molecule has 0 radical (unpaired) electrons. The number of carbonyl (C=O) groups is 1. The van der Waals surface area contributed by atoms with E-state index in [1.807, 2.05) is 30.3 Å². The molecular weight excluding hydrogens is 260 g/mol. The molecule has 0 fully saturated rings. The lowest BCUT2D eigenvalue weighted by atomic mass is 9.96. The van der Waals surface area contributed by atoms with Crippen molar-refractivity contribution in [2.45, 2.75) is 33.1 Å². The third kappa shape index (κ3) is 3.85. The first-order valence-corrected chi connectivity index (χ1v) is 7.36. The molecule has 0 heterocycles. The summed E-state index contributed by atoms with van der Waals surface area (Å²) in [7, 11) is 0. The fraction of sp³-hybridized carbons (Fsp3) is 0.278. The molecule has 2 N–H and O–H groups in total. The molecule has 2 aromatic carbocycles. The minimum absolute atomic E-state index is 0.205. The number of carbonyl (C=O) groups excluding carboxylic acids is 1. The Bertz CT molecular complexity index is 606. The molecule has 0 saturated carbocycles. The van der Waals surface area contributed by atoms with Gasteiger partial charge < -0.3 is 10.6 Å². The van der Waals surface area contributed by atoms with E-state index in [1.165, 1.54) is 0 Å². The normalized spacial score (nSPS) is 10.5. The Morgan fingerprint density at radius 3 is 2.33 bits per heavy atom. The van der Waals surface area contributed by atoms with Crippen LogP contribution in [-0.2, 0) is 6.42 Å². The zero-order valence-electron chi connectivity index (χ0n) is 12.8. The molecule has 0 atom stereocenters. The molecule has 0 spiro atoms. The number of hydrogen-bond donors (Lipinski definition) is 2. The Hall–Kier alpha value is -2.29. The summed E-state index contributed by atoms with van der Waals surface area (Å²) in [5, 5.41) is 5.87. The molecule has 2 aromatic rings. The number of aryl methyl sites for hydroxylation is 1. The van der Waals surface area contributed by atoms with Gasteiger partial charge in [-0.15, -0.1) is 0 Å². The van der Waals surface area contributed by atoms with Gasteiger partial charge in [0, 0.05) is 11.4 Å². The van der Waals surface area contributed by atoms with Gasteiger partial charge in [0.25, 0.3) is 0 Å². The van der Waals surface area contributed by atoms with Crippen LogP contribution in [0.3, 0.4) is 0 Å². The third-order valence-corrected chi connectivity index (χ3v) is 3.46. The van der Waals surface area contributed by atoms with E-state index in [1.54, 1.807) is 0 Å². The summed E-state index contributed by atoms with van der Waals surface area (Å²) in [4.78, 5) is 12.2. The summed E-state index contributed by atoms with van der Waals surface area (Å²) in [5.41, 5.74) is 4.04. The number of amides is 2. The monoisotopic (exact) mass is 282 g/mol. The first-order valence-electron chi connectivity index (χ1n) is 7.36. The van der Waals surface area contributed by atoms with Crippen LogP contribution in [0.2, 0.25) is 0 Å². The van der Waals surface area contributed by atoms with Crippen molar-refractivity contribution in [2.24, 2.45) is 0 Å². The van der Waals surface area contributed by atoms with Crippen molar-refractivity contribution in [3.8, 4) is 0 Å². The maximum absolute atomic E-state index is 12.2. The smallest absolute Gasteiger partial charge is 0.308 e. The van der Waals surface area contributed by atoms with Gasteiger partial charge in [-0.05, 0) is 35.6 Å². The lowest BCUT2D eigenvalue weighted by Gasteiger charge is -2.18. The molecule has 110 valence electrons. The van der Waals surface area contributed by atoms with E-state index in [0.717, 1.165) is 28.9 Å². The van der Waals surface area contributed by atoms with E-state index in [2.05, 4.69) is 49.6 Å². The van der Waals surface area contributed by atoms with Crippen molar-refractivity contribution in [2.75, 3.05) is 10.6 Å². The highest BCUT2D eigenvalue weighted by molar-refractivity contribution is 6.00. The highest BCUT2D eigenvalue weighted by Gasteiger charge is 2.13. The molecule has 21 heavy (non-hydrogen) atoms. The van der Waals surface area contributed by atoms with Crippen LogP contribution >= 0.6 is 0 Å². The summed E-state index contributed by atoms with van der Waals surface area (Å²) >= 11 is 0. The number of nitrogens with one attached hydrogen (secondary N) is 2. The van der Waals surface area contributed by atoms with Gasteiger partial charge in [0.2, 0.25) is 0 Å². The lowest BCUT2D eigenvalue weighted by molar-refractivity contribution is 0.262. The molecule has 0 aliphatic carbocycles. The lowest BCUT2D eigenvalue weighted by Crippen LogP contribution is -2.21. The van der Waals surface area contributed by atoms with E-state index >= 15 is 0 Å². The average molecular weight is 282 g/mol. The summed E-state index contributed by atoms with van der Waals surface area (Å²) in [5.74, 6) is 0.364. The number of benzene rings is 2. The van der Waals surface area contributed by atoms with Crippen LogP contribution in [0.5, 0.6) is 0 Å². The molecule has 3 heteroatoms. The number of rotatable bonds is 4. The van der Waals surface area contributed by atoms with Crippen molar-refractivity contribution in [1.82, 2.24) is 0 Å². The molecule has 0 unspecified atom stereocenters. The van der Waals surface area contributed by atoms with Gasteiger partial charge in [0.05, 0.1) is 0 Å². The van der Waals surface area contributed by atoms with Crippen molar-refractivity contribution in [3.63, 3.8) is 0 Å². The van der Waals surface area contributed by atoms with Crippen molar-refractivity contribution in [1.29, 1.82) is 0 Å². The van der Waals surface area contributed by atoms with E-state index < -0.39 is 0 Å². The van der Waals surface area contributed by atoms with E-state index in [4.69, 9.17) is 0 Å². The molecule has 2 amide bonds. The fourth-order valence-electron chi connectivity index (χ4n) is 2.35. The second-order valence-corrected chi connectivity index (χ2v) is 5.33.